The van der Waals surface area contributed by atoms with Gasteiger partial charge in [0.25, 0.3) is 0 Å². The van der Waals surface area contributed by atoms with Crippen LogP contribution in [0.4, 0.5) is 0 Å². The lowest BCUT2D eigenvalue weighted by Crippen LogP contribution is -1.94. The first-order chi connectivity index (χ1) is 11.8. The van der Waals surface area contributed by atoms with E-state index in [4.69, 9.17) is 4.98 Å². The molecular formula is C17H14N6S. The van der Waals surface area contributed by atoms with E-state index in [1.165, 1.54) is 11.8 Å². The zero-order valence-corrected chi connectivity index (χ0v) is 13.8. The van der Waals surface area contributed by atoms with Gasteiger partial charge in [0, 0.05) is 29.8 Å². The van der Waals surface area contributed by atoms with Gasteiger partial charge < -0.3 is 0 Å². The third-order valence-electron chi connectivity index (χ3n) is 3.54. The van der Waals surface area contributed by atoms with Gasteiger partial charge in [-0.15, -0.1) is 5.10 Å². The van der Waals surface area contributed by atoms with Crippen LogP contribution in [0.1, 0.15) is 12.7 Å². The predicted molar refractivity (Wildman–Crippen MR) is 92.7 cm³/mol. The number of hydrogen-bond acceptors (Lipinski definition) is 6. The minimum absolute atomic E-state index is 0.663. The van der Waals surface area contributed by atoms with Crippen molar-refractivity contribution in [3.63, 3.8) is 0 Å². The Kier molecular flexibility index (Phi) is 3.92. The highest BCUT2D eigenvalue weighted by Gasteiger charge is 2.13. The molecule has 1 N–H and O–H groups in total. The molecule has 0 saturated carbocycles. The molecule has 24 heavy (non-hydrogen) atoms. The fourth-order valence-corrected chi connectivity index (χ4v) is 3.16. The highest BCUT2D eigenvalue weighted by molar-refractivity contribution is 7.99. The average molecular weight is 334 g/mol. The van der Waals surface area contributed by atoms with Gasteiger partial charge in [0.15, 0.2) is 5.82 Å². The number of rotatable bonds is 4. The summed E-state index contributed by atoms with van der Waals surface area (Å²) in [6.45, 7) is 2.04. The minimum atomic E-state index is 0.663. The molecule has 118 valence electrons. The highest BCUT2D eigenvalue weighted by atomic mass is 32.2. The second-order valence-electron chi connectivity index (χ2n) is 5.13. The second-order valence-corrected chi connectivity index (χ2v) is 6.08. The monoisotopic (exact) mass is 334 g/mol. The molecule has 7 heteroatoms. The maximum atomic E-state index is 4.73. The van der Waals surface area contributed by atoms with Crippen LogP contribution < -0.4 is 0 Å². The van der Waals surface area contributed by atoms with Crippen molar-refractivity contribution in [3.05, 3.63) is 54.6 Å². The normalized spacial score (nSPS) is 11.0. The Morgan fingerprint density at radius 2 is 1.83 bits per heavy atom. The van der Waals surface area contributed by atoms with Gasteiger partial charge in [-0.25, -0.2) is 15.0 Å². The Labute approximate surface area is 142 Å². The molecule has 0 saturated heterocycles. The summed E-state index contributed by atoms with van der Waals surface area (Å²) in [5.74, 6) is 1.54. The van der Waals surface area contributed by atoms with E-state index in [1.54, 1.807) is 12.4 Å². The van der Waals surface area contributed by atoms with E-state index in [2.05, 4.69) is 25.1 Å². The number of nitrogens with one attached hydrogen (secondary N) is 1. The van der Waals surface area contributed by atoms with Crippen LogP contribution in [-0.2, 0) is 6.42 Å². The number of nitrogens with zero attached hydrogens (tertiary/aromatic N) is 5. The van der Waals surface area contributed by atoms with E-state index < -0.39 is 0 Å². The Morgan fingerprint density at radius 3 is 2.62 bits per heavy atom. The molecule has 0 amide bonds. The fraction of sp³-hybridized carbons (Fsp3) is 0.118. The number of hydrogen-bond donors (Lipinski definition) is 1. The molecule has 0 aliphatic carbocycles. The zero-order valence-electron chi connectivity index (χ0n) is 13.0. The van der Waals surface area contributed by atoms with Gasteiger partial charge in [-0.3, -0.25) is 10.1 Å². The quantitative estimate of drug-likeness (QED) is 0.575. The van der Waals surface area contributed by atoms with Crippen molar-refractivity contribution in [3.8, 4) is 11.4 Å². The molecule has 4 rings (SSSR count). The summed E-state index contributed by atoms with van der Waals surface area (Å²) >= 11 is 1.44. The first-order valence-corrected chi connectivity index (χ1v) is 8.41. The standard InChI is InChI=1S/C17H14N6S/c1-2-14-20-17(23-22-14)24-16-12-5-3-4-6-13(12)19-15(21-16)11-7-9-18-10-8-11/h3-10H,2H2,1H3,(H,20,22,23). The van der Waals surface area contributed by atoms with Crippen LogP contribution in [0.2, 0.25) is 0 Å². The van der Waals surface area contributed by atoms with Crippen molar-refractivity contribution in [1.29, 1.82) is 0 Å². The van der Waals surface area contributed by atoms with Crippen LogP contribution >= 0.6 is 11.8 Å². The van der Waals surface area contributed by atoms with Gasteiger partial charge in [0.05, 0.1) is 5.52 Å². The van der Waals surface area contributed by atoms with E-state index in [0.29, 0.717) is 11.0 Å². The van der Waals surface area contributed by atoms with Crippen LogP contribution in [0.3, 0.4) is 0 Å². The number of fused-ring (bicyclic) bond motifs is 1. The van der Waals surface area contributed by atoms with Gasteiger partial charge in [-0.1, -0.05) is 25.1 Å². The number of benzene rings is 1. The third-order valence-corrected chi connectivity index (χ3v) is 4.41. The molecule has 0 atom stereocenters. The van der Waals surface area contributed by atoms with Crippen molar-refractivity contribution in [2.24, 2.45) is 0 Å². The fourth-order valence-electron chi connectivity index (χ4n) is 2.32. The van der Waals surface area contributed by atoms with Crippen LogP contribution in [0.15, 0.2) is 59.0 Å². The lowest BCUT2D eigenvalue weighted by molar-refractivity contribution is 0.940. The summed E-state index contributed by atoms with van der Waals surface area (Å²) in [6, 6.07) is 11.8. The minimum Gasteiger partial charge on any atom is -0.265 e. The third kappa shape index (κ3) is 2.85. The lowest BCUT2D eigenvalue weighted by atomic mass is 10.2. The molecule has 4 aromatic rings. The van der Waals surface area contributed by atoms with Gasteiger partial charge in [-0.05, 0) is 30.0 Å². The van der Waals surface area contributed by atoms with Gasteiger partial charge in [0.1, 0.15) is 10.9 Å². The number of H-pyrrole nitrogens is 1. The maximum Gasteiger partial charge on any atom is 0.214 e. The summed E-state index contributed by atoms with van der Waals surface area (Å²) in [7, 11) is 0. The number of aryl methyl sites for hydroxylation is 1. The molecule has 0 spiro atoms. The summed E-state index contributed by atoms with van der Waals surface area (Å²) in [5, 5.41) is 9.68. The number of aromatic nitrogens is 6. The SMILES string of the molecule is CCc1nc(Sc2nc(-c3ccncc3)nc3ccccc23)n[nH]1. The van der Waals surface area contributed by atoms with E-state index in [0.717, 1.165) is 33.7 Å². The molecule has 0 radical (unpaired) electrons. The van der Waals surface area contributed by atoms with Crippen LogP contribution in [0.25, 0.3) is 22.3 Å². The molecule has 3 heterocycles. The van der Waals surface area contributed by atoms with Crippen LogP contribution in [0.5, 0.6) is 0 Å². The molecule has 0 unspecified atom stereocenters. The second kappa shape index (κ2) is 6.37. The summed E-state index contributed by atoms with van der Waals surface area (Å²) in [4.78, 5) is 17.9. The smallest absolute Gasteiger partial charge is 0.214 e. The van der Waals surface area contributed by atoms with Crippen LogP contribution in [0, 0.1) is 0 Å². The maximum absolute atomic E-state index is 4.73. The van der Waals surface area contributed by atoms with Crippen molar-refractivity contribution < 1.29 is 0 Å². The van der Waals surface area contributed by atoms with Crippen molar-refractivity contribution in [1.82, 2.24) is 30.1 Å². The zero-order chi connectivity index (χ0) is 16.4. The number of para-hydroxylation sites is 1. The van der Waals surface area contributed by atoms with E-state index in [9.17, 15) is 0 Å². The number of aromatic amines is 1. The Morgan fingerprint density at radius 1 is 1.00 bits per heavy atom. The van der Waals surface area contributed by atoms with Crippen molar-refractivity contribution in [2.75, 3.05) is 0 Å². The average Bonchev–Trinajstić information content (AvgIpc) is 3.10. The molecule has 0 fully saturated rings. The molecule has 0 aliphatic heterocycles. The Balaban J connectivity index is 1.83. The van der Waals surface area contributed by atoms with E-state index in [-0.39, 0.29) is 0 Å². The van der Waals surface area contributed by atoms with Gasteiger partial charge in [-0.2, -0.15) is 0 Å². The summed E-state index contributed by atoms with van der Waals surface area (Å²) in [5.41, 5.74) is 1.83. The van der Waals surface area contributed by atoms with Crippen LogP contribution in [-0.4, -0.2) is 30.1 Å². The van der Waals surface area contributed by atoms with E-state index in [1.807, 2.05) is 43.3 Å². The predicted octanol–water partition coefficient (Wildman–Crippen LogP) is 3.52. The molecule has 3 aromatic heterocycles. The molecular weight excluding hydrogens is 320 g/mol. The first kappa shape index (κ1) is 14.8. The van der Waals surface area contributed by atoms with E-state index >= 15 is 0 Å². The van der Waals surface area contributed by atoms with Crippen molar-refractivity contribution >= 4 is 22.7 Å². The molecule has 0 aliphatic rings. The molecule has 0 bridgehead atoms. The summed E-state index contributed by atoms with van der Waals surface area (Å²) in [6.07, 6.45) is 4.30. The van der Waals surface area contributed by atoms with Crippen molar-refractivity contribution in [2.45, 2.75) is 23.5 Å². The van der Waals surface area contributed by atoms with Gasteiger partial charge >= 0.3 is 0 Å². The molecule has 6 nitrogen and oxygen atoms in total. The lowest BCUT2D eigenvalue weighted by Gasteiger charge is -2.07. The molecule has 1 aromatic carbocycles. The highest BCUT2D eigenvalue weighted by Crippen LogP contribution is 2.31. The first-order valence-electron chi connectivity index (χ1n) is 7.60. The topological polar surface area (TPSA) is 80.2 Å². The number of pyridine rings is 1. The Bertz CT molecular complexity index is 983. The van der Waals surface area contributed by atoms with Gasteiger partial charge in [0.2, 0.25) is 5.16 Å². The largest absolute Gasteiger partial charge is 0.265 e. The Hall–Kier alpha value is -2.80. The summed E-state index contributed by atoms with van der Waals surface area (Å²) < 4.78 is 0.